The Morgan fingerprint density at radius 3 is 2.29 bits per heavy atom. The molecule has 0 unspecified atom stereocenters. The summed E-state index contributed by atoms with van der Waals surface area (Å²) in [6.45, 7) is 0.172. The van der Waals surface area contributed by atoms with Crippen molar-refractivity contribution in [1.82, 2.24) is 0 Å². The van der Waals surface area contributed by atoms with Gasteiger partial charge in [0.05, 0.1) is 26.2 Å². The molecule has 0 aromatic heterocycles. The molecule has 0 fully saturated rings. The van der Waals surface area contributed by atoms with Crippen molar-refractivity contribution in [1.29, 1.82) is 0 Å². The van der Waals surface area contributed by atoms with Gasteiger partial charge >= 0.3 is 12.1 Å². The van der Waals surface area contributed by atoms with Crippen LogP contribution in [-0.4, -0.2) is 31.9 Å². The highest BCUT2D eigenvalue weighted by molar-refractivity contribution is 5.73. The van der Waals surface area contributed by atoms with E-state index in [0.29, 0.717) is 28.4 Å². The predicted molar refractivity (Wildman–Crippen MR) is 123 cm³/mol. The van der Waals surface area contributed by atoms with Crippen molar-refractivity contribution >= 4 is 12.0 Å². The maximum absolute atomic E-state index is 12.7. The average molecular weight is 488 g/mol. The standard InChI is InChI=1S/C26H23F3O6/c1-32-22-13-10-18(15-23(30)31)24(33-2)25(22)35-21-7-3-6-20(16-21)34-14-4-5-17-8-11-19(12-9-17)26(27,28)29/h3-13,16H,14-15H2,1-2H3,(H,30,31). The van der Waals surface area contributed by atoms with Gasteiger partial charge in [0.15, 0.2) is 11.5 Å². The van der Waals surface area contributed by atoms with Crippen molar-refractivity contribution in [2.75, 3.05) is 20.8 Å². The normalized spacial score (nSPS) is 11.3. The first-order valence-electron chi connectivity index (χ1n) is 10.4. The van der Waals surface area contributed by atoms with E-state index in [9.17, 15) is 18.0 Å². The average Bonchev–Trinajstić information content (AvgIpc) is 2.82. The number of carbonyl (C=O) groups is 1. The smallest absolute Gasteiger partial charge is 0.416 e. The summed E-state index contributed by atoms with van der Waals surface area (Å²) in [6, 6.07) is 14.8. The first kappa shape index (κ1) is 25.5. The van der Waals surface area contributed by atoms with Gasteiger partial charge in [-0.1, -0.05) is 30.3 Å². The topological polar surface area (TPSA) is 74.2 Å². The number of methoxy groups -OCH3 is 2. The van der Waals surface area contributed by atoms with Crippen LogP contribution in [0.4, 0.5) is 13.2 Å². The molecule has 0 amide bonds. The van der Waals surface area contributed by atoms with Gasteiger partial charge in [0.2, 0.25) is 5.75 Å². The lowest BCUT2D eigenvalue weighted by Crippen LogP contribution is -2.04. The van der Waals surface area contributed by atoms with Gasteiger partial charge in [-0.15, -0.1) is 0 Å². The van der Waals surface area contributed by atoms with Crippen LogP contribution in [-0.2, 0) is 17.4 Å². The summed E-state index contributed by atoms with van der Waals surface area (Å²) < 4.78 is 60.4. The Bertz CT molecular complexity index is 1190. The van der Waals surface area contributed by atoms with E-state index in [0.717, 1.165) is 12.1 Å². The fraction of sp³-hybridized carbons (Fsp3) is 0.192. The van der Waals surface area contributed by atoms with Gasteiger partial charge in [-0.25, -0.2) is 0 Å². The SMILES string of the molecule is COc1ccc(CC(=O)O)c(OC)c1Oc1cccc(OCC=Cc2ccc(C(F)(F)F)cc2)c1. The van der Waals surface area contributed by atoms with E-state index in [2.05, 4.69) is 0 Å². The molecular weight excluding hydrogens is 465 g/mol. The lowest BCUT2D eigenvalue weighted by molar-refractivity contribution is -0.138. The minimum atomic E-state index is -4.37. The molecular formula is C26H23F3O6. The molecule has 3 rings (SSSR count). The minimum Gasteiger partial charge on any atom is -0.493 e. The molecule has 0 saturated heterocycles. The van der Waals surface area contributed by atoms with Crippen LogP contribution in [0.1, 0.15) is 16.7 Å². The van der Waals surface area contributed by atoms with Gasteiger partial charge in [0.1, 0.15) is 18.1 Å². The molecule has 3 aromatic carbocycles. The number of halogens is 3. The lowest BCUT2D eigenvalue weighted by Gasteiger charge is -2.17. The van der Waals surface area contributed by atoms with E-state index in [-0.39, 0.29) is 24.5 Å². The summed E-state index contributed by atoms with van der Waals surface area (Å²) in [5, 5.41) is 9.16. The van der Waals surface area contributed by atoms with E-state index in [1.807, 2.05) is 0 Å². The predicted octanol–water partition coefficient (Wildman–Crippen LogP) is 6.23. The largest absolute Gasteiger partial charge is 0.493 e. The molecule has 6 nitrogen and oxygen atoms in total. The molecule has 9 heteroatoms. The number of alkyl halides is 3. The quantitative estimate of drug-likeness (QED) is 0.365. The number of benzene rings is 3. The van der Waals surface area contributed by atoms with E-state index >= 15 is 0 Å². The first-order chi connectivity index (χ1) is 16.7. The molecule has 184 valence electrons. The zero-order valence-electron chi connectivity index (χ0n) is 19.0. The Morgan fingerprint density at radius 2 is 1.66 bits per heavy atom. The first-order valence-corrected chi connectivity index (χ1v) is 10.4. The highest BCUT2D eigenvalue weighted by atomic mass is 19.4. The zero-order valence-corrected chi connectivity index (χ0v) is 19.0. The highest BCUT2D eigenvalue weighted by Gasteiger charge is 2.29. The van der Waals surface area contributed by atoms with E-state index < -0.39 is 17.7 Å². The highest BCUT2D eigenvalue weighted by Crippen LogP contribution is 2.43. The zero-order chi connectivity index (χ0) is 25.4. The Labute approximate surface area is 200 Å². The maximum atomic E-state index is 12.7. The van der Waals surface area contributed by atoms with Crippen molar-refractivity contribution < 1.29 is 42.0 Å². The van der Waals surface area contributed by atoms with Crippen LogP contribution in [0.5, 0.6) is 28.7 Å². The second-order valence-electron chi connectivity index (χ2n) is 7.27. The number of hydrogen-bond donors (Lipinski definition) is 1. The maximum Gasteiger partial charge on any atom is 0.416 e. The Hall–Kier alpha value is -4.14. The van der Waals surface area contributed by atoms with Crippen LogP contribution in [0.2, 0.25) is 0 Å². The second-order valence-corrected chi connectivity index (χ2v) is 7.27. The Kier molecular flexibility index (Phi) is 8.25. The van der Waals surface area contributed by atoms with Crippen molar-refractivity contribution in [2.45, 2.75) is 12.6 Å². The van der Waals surface area contributed by atoms with Crippen LogP contribution in [0.25, 0.3) is 6.08 Å². The molecule has 0 heterocycles. The van der Waals surface area contributed by atoms with E-state index in [1.165, 1.54) is 26.4 Å². The molecule has 0 aliphatic carbocycles. The Morgan fingerprint density at radius 1 is 0.943 bits per heavy atom. The summed E-state index contributed by atoms with van der Waals surface area (Å²) in [6.07, 6.45) is -1.29. The van der Waals surface area contributed by atoms with Gasteiger partial charge < -0.3 is 24.1 Å². The number of carboxylic acid groups (broad SMARTS) is 1. The van der Waals surface area contributed by atoms with Gasteiger partial charge in [0, 0.05) is 11.6 Å². The van der Waals surface area contributed by atoms with Gasteiger partial charge in [-0.2, -0.15) is 13.2 Å². The van der Waals surface area contributed by atoms with Gasteiger partial charge in [-0.3, -0.25) is 4.79 Å². The summed E-state index contributed by atoms with van der Waals surface area (Å²) in [5.74, 6) is 0.712. The number of ether oxygens (including phenoxy) is 4. The van der Waals surface area contributed by atoms with Crippen molar-refractivity contribution in [3.63, 3.8) is 0 Å². The molecule has 0 bridgehead atoms. The van der Waals surface area contributed by atoms with Gasteiger partial charge in [0.25, 0.3) is 0 Å². The van der Waals surface area contributed by atoms with Crippen molar-refractivity contribution in [3.05, 3.63) is 83.4 Å². The van der Waals surface area contributed by atoms with Crippen molar-refractivity contribution in [2.24, 2.45) is 0 Å². The summed E-state index contributed by atoms with van der Waals surface area (Å²) in [4.78, 5) is 11.2. The molecule has 1 N–H and O–H groups in total. The number of carboxylic acids is 1. The number of hydrogen-bond acceptors (Lipinski definition) is 5. The third-order valence-electron chi connectivity index (χ3n) is 4.84. The summed E-state index contributed by atoms with van der Waals surface area (Å²) in [7, 11) is 2.87. The number of rotatable bonds is 10. The summed E-state index contributed by atoms with van der Waals surface area (Å²) in [5.41, 5.74) is 0.334. The molecule has 0 aliphatic rings. The van der Waals surface area contributed by atoms with Crippen molar-refractivity contribution in [3.8, 4) is 28.7 Å². The molecule has 0 atom stereocenters. The monoisotopic (exact) mass is 488 g/mol. The molecule has 0 aliphatic heterocycles. The fourth-order valence-corrected chi connectivity index (χ4v) is 3.23. The molecule has 3 aromatic rings. The van der Waals surface area contributed by atoms with Crippen LogP contribution in [0.15, 0.2) is 66.7 Å². The molecule has 0 spiro atoms. The fourth-order valence-electron chi connectivity index (χ4n) is 3.23. The molecule has 35 heavy (non-hydrogen) atoms. The van der Waals surface area contributed by atoms with Crippen LogP contribution in [0, 0.1) is 0 Å². The Balaban J connectivity index is 1.70. The third kappa shape index (κ3) is 6.92. The lowest BCUT2D eigenvalue weighted by atomic mass is 10.1. The van der Waals surface area contributed by atoms with E-state index in [4.69, 9.17) is 24.1 Å². The van der Waals surface area contributed by atoms with Crippen LogP contribution >= 0.6 is 0 Å². The number of aliphatic carboxylic acids is 1. The van der Waals surface area contributed by atoms with Gasteiger partial charge in [-0.05, 0) is 42.0 Å². The van der Waals surface area contributed by atoms with Crippen LogP contribution < -0.4 is 18.9 Å². The minimum absolute atomic E-state index is 0.172. The molecule has 0 saturated carbocycles. The second kappa shape index (κ2) is 11.3. The molecule has 0 radical (unpaired) electrons. The van der Waals surface area contributed by atoms with E-state index in [1.54, 1.807) is 48.6 Å². The van der Waals surface area contributed by atoms with Crippen LogP contribution in [0.3, 0.4) is 0 Å². The summed E-state index contributed by atoms with van der Waals surface area (Å²) >= 11 is 0. The third-order valence-corrected chi connectivity index (χ3v) is 4.84.